The van der Waals surface area contributed by atoms with E-state index in [1.54, 1.807) is 31.9 Å². The lowest BCUT2D eigenvalue weighted by Gasteiger charge is -2.31. The van der Waals surface area contributed by atoms with Gasteiger partial charge in [0.15, 0.2) is 0 Å². The predicted octanol–water partition coefficient (Wildman–Crippen LogP) is 2.97. The number of hydrogen-bond donors (Lipinski definition) is 1. The second-order valence-electron chi connectivity index (χ2n) is 6.55. The van der Waals surface area contributed by atoms with E-state index in [1.165, 1.54) is 0 Å². The van der Waals surface area contributed by atoms with Crippen molar-refractivity contribution in [2.75, 3.05) is 13.7 Å². The topological polar surface area (TPSA) is 72.6 Å². The fraction of sp³-hybridized carbons (Fsp3) is 0.500. The average molecular weight is 383 g/mol. The predicted molar refractivity (Wildman–Crippen MR) is 107 cm³/mol. The molecule has 0 heterocycles. The number of ether oxygens (including phenoxy) is 1. The van der Waals surface area contributed by atoms with Gasteiger partial charge in [-0.2, -0.15) is 0 Å². The zero-order chi connectivity index (χ0) is 19.0. The monoisotopic (exact) mass is 382 g/mol. The first-order valence-corrected chi connectivity index (χ1v) is 8.69. The Bertz CT molecular complexity index is 602. The number of carbonyl (C=O) groups is 2. The minimum atomic E-state index is -0.620. The van der Waals surface area contributed by atoms with E-state index in [1.807, 2.05) is 44.2 Å². The van der Waals surface area contributed by atoms with Crippen LogP contribution in [-0.2, 0) is 20.7 Å². The van der Waals surface area contributed by atoms with Crippen molar-refractivity contribution in [2.45, 2.75) is 46.2 Å². The molecule has 0 aliphatic rings. The van der Waals surface area contributed by atoms with Gasteiger partial charge < -0.3 is 15.4 Å². The van der Waals surface area contributed by atoms with Crippen LogP contribution in [0.5, 0.6) is 0 Å². The maximum absolute atomic E-state index is 12.7. The van der Waals surface area contributed by atoms with E-state index in [4.69, 9.17) is 10.5 Å². The maximum atomic E-state index is 12.7. The zero-order valence-electron chi connectivity index (χ0n) is 16.3. The van der Waals surface area contributed by atoms with Gasteiger partial charge in [-0.3, -0.25) is 4.79 Å². The summed E-state index contributed by atoms with van der Waals surface area (Å²) >= 11 is 0. The van der Waals surface area contributed by atoms with Gasteiger partial charge in [-0.15, -0.1) is 12.4 Å². The molecule has 1 amide bonds. The lowest BCUT2D eigenvalue weighted by molar-refractivity contribution is -0.138. The Morgan fingerprint density at radius 2 is 1.81 bits per heavy atom. The van der Waals surface area contributed by atoms with Crippen LogP contribution in [0.4, 0.5) is 0 Å². The largest absolute Gasteiger partial charge is 0.463 e. The van der Waals surface area contributed by atoms with Gasteiger partial charge in [0.2, 0.25) is 5.91 Å². The third-order valence-electron chi connectivity index (χ3n) is 4.11. The molecule has 0 bridgehead atoms. The summed E-state index contributed by atoms with van der Waals surface area (Å²) in [5.74, 6) is -0.361. The van der Waals surface area contributed by atoms with Crippen LogP contribution < -0.4 is 5.73 Å². The van der Waals surface area contributed by atoms with Crippen LogP contribution in [0.2, 0.25) is 0 Å². The molecule has 0 aromatic heterocycles. The van der Waals surface area contributed by atoms with Gasteiger partial charge in [0, 0.05) is 12.6 Å². The second-order valence-corrected chi connectivity index (χ2v) is 6.55. The number of carbonyl (C=O) groups excluding carboxylic acids is 2. The van der Waals surface area contributed by atoms with Gasteiger partial charge in [-0.25, -0.2) is 4.79 Å². The number of amides is 1. The van der Waals surface area contributed by atoms with E-state index in [9.17, 15) is 9.59 Å². The first-order valence-electron chi connectivity index (χ1n) is 8.69. The number of nitrogens with zero attached hydrogens (tertiary/aromatic N) is 1. The Balaban J connectivity index is 0.00000625. The van der Waals surface area contributed by atoms with Gasteiger partial charge in [-0.05, 0) is 31.7 Å². The van der Waals surface area contributed by atoms with Crippen LogP contribution in [-0.4, -0.2) is 42.5 Å². The first kappa shape index (κ1) is 24.1. The molecule has 1 aromatic carbocycles. The molecule has 5 nitrogen and oxygen atoms in total. The molecule has 1 rings (SSSR count). The Kier molecular flexibility index (Phi) is 10.9. The van der Waals surface area contributed by atoms with Crippen LogP contribution in [0, 0.1) is 5.92 Å². The minimum absolute atomic E-state index is 0. The highest BCUT2D eigenvalue weighted by molar-refractivity contribution is 5.88. The van der Waals surface area contributed by atoms with Crippen molar-refractivity contribution in [2.24, 2.45) is 11.7 Å². The third kappa shape index (κ3) is 7.18. The van der Waals surface area contributed by atoms with E-state index < -0.39 is 6.04 Å². The molecule has 2 N–H and O–H groups in total. The smallest absolute Gasteiger partial charge is 0.333 e. The number of hydrogen-bond acceptors (Lipinski definition) is 4. The van der Waals surface area contributed by atoms with Crippen molar-refractivity contribution in [1.29, 1.82) is 0 Å². The van der Waals surface area contributed by atoms with Crippen LogP contribution in [0.15, 0.2) is 42.0 Å². The van der Waals surface area contributed by atoms with E-state index in [0.29, 0.717) is 18.6 Å². The lowest BCUT2D eigenvalue weighted by atomic mass is 9.98. The molecule has 1 aromatic rings. The standard InChI is InChI=1S/C20H30N2O3.ClH/c1-6-25-20(24)15(4)12-18(14(2)3)22(5)19(23)17(21)13-16-10-8-7-9-11-16;/h7-12,14,17-18H,6,13,21H2,1-5H3;1H/b15-12+;/t17-,18+;/m0./s1. The van der Waals surface area contributed by atoms with E-state index in [2.05, 4.69) is 0 Å². The van der Waals surface area contributed by atoms with Gasteiger partial charge in [0.25, 0.3) is 0 Å². The molecule has 26 heavy (non-hydrogen) atoms. The SMILES string of the molecule is CCOC(=O)/C(C)=C/[C@H](C(C)C)N(C)C(=O)[C@@H](N)Cc1ccccc1.Cl. The summed E-state index contributed by atoms with van der Waals surface area (Å²) in [4.78, 5) is 26.2. The summed E-state index contributed by atoms with van der Waals surface area (Å²) in [6.45, 7) is 7.81. The molecule has 0 radical (unpaired) electrons. The van der Waals surface area contributed by atoms with Crippen LogP contribution >= 0.6 is 12.4 Å². The van der Waals surface area contributed by atoms with Gasteiger partial charge in [0.1, 0.15) is 0 Å². The highest BCUT2D eigenvalue weighted by atomic mass is 35.5. The molecule has 0 unspecified atom stereocenters. The molecule has 0 spiro atoms. The quantitative estimate of drug-likeness (QED) is 0.554. The number of likely N-dealkylation sites (N-methyl/N-ethyl adjacent to an activating group) is 1. The summed E-state index contributed by atoms with van der Waals surface area (Å²) in [7, 11) is 1.73. The maximum Gasteiger partial charge on any atom is 0.333 e. The summed E-state index contributed by atoms with van der Waals surface area (Å²) < 4.78 is 5.02. The number of halogens is 1. The summed E-state index contributed by atoms with van der Waals surface area (Å²) in [6, 6.07) is 8.86. The summed E-state index contributed by atoms with van der Waals surface area (Å²) in [5, 5.41) is 0. The van der Waals surface area contributed by atoms with E-state index in [-0.39, 0.29) is 36.2 Å². The van der Waals surface area contributed by atoms with E-state index in [0.717, 1.165) is 5.56 Å². The lowest BCUT2D eigenvalue weighted by Crippen LogP contribution is -2.48. The van der Waals surface area contributed by atoms with Crippen molar-refractivity contribution < 1.29 is 14.3 Å². The number of rotatable bonds is 8. The molecule has 6 heteroatoms. The molecular formula is C20H31ClN2O3. The highest BCUT2D eigenvalue weighted by Crippen LogP contribution is 2.15. The van der Waals surface area contributed by atoms with Crippen LogP contribution in [0.25, 0.3) is 0 Å². The van der Waals surface area contributed by atoms with Gasteiger partial charge >= 0.3 is 5.97 Å². The molecule has 0 saturated heterocycles. The van der Waals surface area contributed by atoms with Crippen molar-refractivity contribution in [3.05, 3.63) is 47.5 Å². The molecule has 0 fully saturated rings. The third-order valence-corrected chi connectivity index (χ3v) is 4.11. The van der Waals surface area contributed by atoms with Gasteiger partial charge in [0.05, 0.1) is 18.7 Å². The normalized spacial score (nSPS) is 13.6. The molecule has 2 atom stereocenters. The van der Waals surface area contributed by atoms with Crippen molar-refractivity contribution >= 4 is 24.3 Å². The fourth-order valence-corrected chi connectivity index (χ4v) is 2.68. The van der Waals surface area contributed by atoms with Crippen LogP contribution in [0.3, 0.4) is 0 Å². The minimum Gasteiger partial charge on any atom is -0.463 e. The number of benzene rings is 1. The van der Waals surface area contributed by atoms with Crippen molar-refractivity contribution in [3.63, 3.8) is 0 Å². The van der Waals surface area contributed by atoms with E-state index >= 15 is 0 Å². The molecular weight excluding hydrogens is 352 g/mol. The second kappa shape index (κ2) is 11.7. The molecule has 146 valence electrons. The Hall–Kier alpha value is -1.85. The molecule has 0 saturated carbocycles. The first-order chi connectivity index (χ1) is 11.8. The van der Waals surface area contributed by atoms with Crippen molar-refractivity contribution in [3.8, 4) is 0 Å². The summed E-state index contributed by atoms with van der Waals surface area (Å²) in [5.41, 5.74) is 7.64. The Labute approximate surface area is 163 Å². The highest BCUT2D eigenvalue weighted by Gasteiger charge is 2.26. The Morgan fingerprint density at radius 1 is 1.23 bits per heavy atom. The van der Waals surface area contributed by atoms with Crippen LogP contribution in [0.1, 0.15) is 33.3 Å². The Morgan fingerprint density at radius 3 is 2.31 bits per heavy atom. The molecule has 0 aliphatic carbocycles. The zero-order valence-corrected chi connectivity index (χ0v) is 17.1. The average Bonchev–Trinajstić information content (AvgIpc) is 2.58. The van der Waals surface area contributed by atoms with Crippen molar-refractivity contribution in [1.82, 2.24) is 4.90 Å². The summed E-state index contributed by atoms with van der Waals surface area (Å²) in [6.07, 6.45) is 2.27. The molecule has 0 aliphatic heterocycles. The number of esters is 1. The fourth-order valence-electron chi connectivity index (χ4n) is 2.68. The van der Waals surface area contributed by atoms with Gasteiger partial charge in [-0.1, -0.05) is 50.3 Å². The number of nitrogens with two attached hydrogens (primary N) is 1.